The fourth-order valence-electron chi connectivity index (χ4n) is 2.16. The molecular weight excluding hydrogens is 303 g/mol. The van der Waals surface area contributed by atoms with Gasteiger partial charge in [-0.05, 0) is 18.2 Å². The molecule has 110 valence electrons. The van der Waals surface area contributed by atoms with Crippen LogP contribution in [-0.2, 0) is 6.54 Å². The van der Waals surface area contributed by atoms with Gasteiger partial charge in [-0.25, -0.2) is 9.07 Å². The second kappa shape index (κ2) is 6.12. The smallest absolute Gasteiger partial charge is 0.267 e. The van der Waals surface area contributed by atoms with E-state index < -0.39 is 0 Å². The molecule has 22 heavy (non-hydrogen) atoms. The molecule has 1 heterocycles. The minimum Gasteiger partial charge on any atom is -0.268 e. The van der Waals surface area contributed by atoms with Crippen LogP contribution in [0.2, 0.25) is 5.02 Å². The molecular formula is C17H12ClFN2O. The van der Waals surface area contributed by atoms with Crippen molar-refractivity contribution in [2.24, 2.45) is 0 Å². The van der Waals surface area contributed by atoms with E-state index >= 15 is 0 Å². The van der Waals surface area contributed by atoms with Gasteiger partial charge in [-0.1, -0.05) is 48.0 Å². The molecule has 3 aromatic rings. The van der Waals surface area contributed by atoms with Gasteiger partial charge in [-0.15, -0.1) is 0 Å². The maximum absolute atomic E-state index is 13.7. The second-order valence-electron chi connectivity index (χ2n) is 4.79. The van der Waals surface area contributed by atoms with E-state index in [1.165, 1.54) is 16.8 Å². The summed E-state index contributed by atoms with van der Waals surface area (Å²) in [6, 6.07) is 16.6. The normalized spacial score (nSPS) is 10.6. The standard InChI is InChI=1S/C17H12ClFN2O/c18-14-7-3-2-6-13(14)16-9-10-17(22)21(20-16)11-12-5-1-4-8-15(12)19/h1-10H,11H2. The summed E-state index contributed by atoms with van der Waals surface area (Å²) in [5.41, 5.74) is 1.42. The molecule has 0 N–H and O–H groups in total. The van der Waals surface area contributed by atoms with Gasteiger partial charge in [0, 0.05) is 17.2 Å². The Morgan fingerprint density at radius 1 is 1.00 bits per heavy atom. The molecule has 1 aromatic heterocycles. The minimum atomic E-state index is -0.362. The van der Waals surface area contributed by atoms with Crippen LogP contribution >= 0.6 is 11.6 Å². The van der Waals surface area contributed by atoms with E-state index in [-0.39, 0.29) is 17.9 Å². The van der Waals surface area contributed by atoms with E-state index in [1.54, 1.807) is 30.3 Å². The summed E-state index contributed by atoms with van der Waals surface area (Å²) < 4.78 is 15.0. The summed E-state index contributed by atoms with van der Waals surface area (Å²) >= 11 is 6.15. The number of benzene rings is 2. The van der Waals surface area contributed by atoms with Gasteiger partial charge < -0.3 is 0 Å². The molecule has 0 spiro atoms. The summed E-state index contributed by atoms with van der Waals surface area (Å²) in [4.78, 5) is 11.9. The zero-order chi connectivity index (χ0) is 15.5. The van der Waals surface area contributed by atoms with Crippen molar-refractivity contribution in [2.75, 3.05) is 0 Å². The Kier molecular flexibility index (Phi) is 4.02. The van der Waals surface area contributed by atoms with Crippen molar-refractivity contribution in [1.82, 2.24) is 9.78 Å². The molecule has 0 saturated carbocycles. The van der Waals surface area contributed by atoms with E-state index in [0.717, 1.165) is 5.56 Å². The maximum atomic E-state index is 13.7. The van der Waals surface area contributed by atoms with Gasteiger partial charge >= 0.3 is 0 Å². The van der Waals surface area contributed by atoms with Crippen LogP contribution in [0.3, 0.4) is 0 Å². The highest BCUT2D eigenvalue weighted by molar-refractivity contribution is 6.33. The molecule has 5 heteroatoms. The number of nitrogens with zero attached hydrogens (tertiary/aromatic N) is 2. The van der Waals surface area contributed by atoms with E-state index in [4.69, 9.17) is 11.6 Å². The Labute approximate surface area is 131 Å². The lowest BCUT2D eigenvalue weighted by Gasteiger charge is -2.09. The first kappa shape index (κ1) is 14.5. The van der Waals surface area contributed by atoms with E-state index in [2.05, 4.69) is 5.10 Å². The van der Waals surface area contributed by atoms with Crippen LogP contribution in [0, 0.1) is 5.82 Å². The molecule has 3 nitrogen and oxygen atoms in total. The average molecular weight is 315 g/mol. The number of rotatable bonds is 3. The first-order valence-corrected chi connectivity index (χ1v) is 7.09. The lowest BCUT2D eigenvalue weighted by molar-refractivity contribution is 0.573. The summed E-state index contributed by atoms with van der Waals surface area (Å²) in [7, 11) is 0. The molecule has 3 rings (SSSR count). The zero-order valence-corrected chi connectivity index (χ0v) is 12.3. The summed E-state index contributed by atoms with van der Waals surface area (Å²) in [6.07, 6.45) is 0. The van der Waals surface area contributed by atoms with Crippen LogP contribution in [0.25, 0.3) is 11.3 Å². The monoisotopic (exact) mass is 314 g/mol. The van der Waals surface area contributed by atoms with Crippen LogP contribution in [0.15, 0.2) is 65.5 Å². The molecule has 0 fully saturated rings. The van der Waals surface area contributed by atoms with Gasteiger partial charge in [0.25, 0.3) is 5.56 Å². The van der Waals surface area contributed by atoms with Gasteiger partial charge in [-0.3, -0.25) is 4.79 Å². The van der Waals surface area contributed by atoms with Gasteiger partial charge in [-0.2, -0.15) is 5.10 Å². The first-order chi connectivity index (χ1) is 10.6. The average Bonchev–Trinajstić information content (AvgIpc) is 2.52. The highest BCUT2D eigenvalue weighted by Gasteiger charge is 2.08. The molecule has 0 atom stereocenters. The Balaban J connectivity index is 2.03. The van der Waals surface area contributed by atoms with Gasteiger partial charge in [0.2, 0.25) is 0 Å². The fraction of sp³-hybridized carbons (Fsp3) is 0.0588. The van der Waals surface area contributed by atoms with Gasteiger partial charge in [0.05, 0.1) is 17.3 Å². The number of aromatic nitrogens is 2. The predicted octanol–water partition coefficient (Wildman–Crippen LogP) is 3.75. The molecule has 0 unspecified atom stereocenters. The van der Waals surface area contributed by atoms with Crippen LogP contribution in [0.4, 0.5) is 4.39 Å². The molecule has 2 aromatic carbocycles. The first-order valence-electron chi connectivity index (χ1n) is 6.71. The number of hydrogen-bond donors (Lipinski definition) is 0. The second-order valence-corrected chi connectivity index (χ2v) is 5.19. The van der Waals surface area contributed by atoms with Crippen LogP contribution < -0.4 is 5.56 Å². The number of hydrogen-bond acceptors (Lipinski definition) is 2. The van der Waals surface area contributed by atoms with Crippen molar-refractivity contribution < 1.29 is 4.39 Å². The third-order valence-corrected chi connectivity index (χ3v) is 3.62. The summed E-state index contributed by atoms with van der Waals surface area (Å²) in [5.74, 6) is -0.362. The topological polar surface area (TPSA) is 34.9 Å². The Morgan fingerprint density at radius 3 is 2.50 bits per heavy atom. The predicted molar refractivity (Wildman–Crippen MR) is 84.4 cm³/mol. The van der Waals surface area contributed by atoms with Gasteiger partial charge in [0.1, 0.15) is 5.82 Å². The lowest BCUT2D eigenvalue weighted by Crippen LogP contribution is -2.23. The molecule has 0 saturated heterocycles. The fourth-order valence-corrected chi connectivity index (χ4v) is 2.40. The summed E-state index contributed by atoms with van der Waals surface area (Å²) in [5, 5.41) is 4.84. The van der Waals surface area contributed by atoms with Crippen LogP contribution in [-0.4, -0.2) is 9.78 Å². The van der Waals surface area contributed by atoms with Crippen molar-refractivity contribution in [3.8, 4) is 11.3 Å². The quantitative estimate of drug-likeness (QED) is 0.738. The highest BCUT2D eigenvalue weighted by atomic mass is 35.5. The van der Waals surface area contributed by atoms with Crippen molar-refractivity contribution in [3.63, 3.8) is 0 Å². The van der Waals surface area contributed by atoms with Gasteiger partial charge in [0.15, 0.2) is 0 Å². The SMILES string of the molecule is O=c1ccc(-c2ccccc2Cl)nn1Cc1ccccc1F. The van der Waals surface area contributed by atoms with Crippen LogP contribution in [0.5, 0.6) is 0 Å². The molecule has 0 aliphatic heterocycles. The minimum absolute atomic E-state index is 0.0732. The third kappa shape index (κ3) is 2.92. The molecule has 0 amide bonds. The zero-order valence-electron chi connectivity index (χ0n) is 11.5. The largest absolute Gasteiger partial charge is 0.268 e. The highest BCUT2D eigenvalue weighted by Crippen LogP contribution is 2.24. The third-order valence-electron chi connectivity index (χ3n) is 3.29. The van der Waals surface area contributed by atoms with E-state index in [1.807, 2.05) is 18.2 Å². The molecule has 0 aliphatic carbocycles. The van der Waals surface area contributed by atoms with Crippen molar-refractivity contribution >= 4 is 11.6 Å². The molecule has 0 bridgehead atoms. The lowest BCUT2D eigenvalue weighted by atomic mass is 10.1. The molecule has 0 radical (unpaired) electrons. The number of halogens is 2. The Bertz CT molecular complexity index is 876. The summed E-state index contributed by atoms with van der Waals surface area (Å²) in [6.45, 7) is 0.0732. The van der Waals surface area contributed by atoms with E-state index in [9.17, 15) is 9.18 Å². The van der Waals surface area contributed by atoms with Crippen molar-refractivity contribution in [2.45, 2.75) is 6.54 Å². The Morgan fingerprint density at radius 2 is 1.73 bits per heavy atom. The molecule has 0 aliphatic rings. The van der Waals surface area contributed by atoms with E-state index in [0.29, 0.717) is 16.3 Å². The van der Waals surface area contributed by atoms with Crippen LogP contribution in [0.1, 0.15) is 5.56 Å². The maximum Gasteiger partial charge on any atom is 0.267 e. The van der Waals surface area contributed by atoms with Crippen molar-refractivity contribution in [3.05, 3.63) is 87.4 Å². The van der Waals surface area contributed by atoms with Crippen molar-refractivity contribution in [1.29, 1.82) is 0 Å². The Hall–Kier alpha value is -2.46.